The van der Waals surface area contributed by atoms with Gasteiger partial charge in [0, 0.05) is 36.4 Å². The first-order valence-corrected chi connectivity index (χ1v) is 8.95. The third kappa shape index (κ3) is 3.30. The minimum Gasteiger partial charge on any atom is -0.354 e. The fourth-order valence-corrected chi connectivity index (χ4v) is 3.73. The van der Waals surface area contributed by atoms with Gasteiger partial charge >= 0.3 is 0 Å². The third-order valence-electron chi connectivity index (χ3n) is 5.02. The van der Waals surface area contributed by atoms with Crippen molar-refractivity contribution in [1.29, 1.82) is 0 Å². The molecular weight excluding hydrogens is 345 g/mol. The number of nitrogens with one attached hydrogen (secondary N) is 2. The second-order valence-electron chi connectivity index (χ2n) is 6.82. The quantitative estimate of drug-likeness (QED) is 0.745. The van der Waals surface area contributed by atoms with Crippen molar-refractivity contribution in [3.63, 3.8) is 0 Å². The summed E-state index contributed by atoms with van der Waals surface area (Å²) in [5.41, 5.74) is 3.26. The number of nitrogens with zero attached hydrogens (tertiary/aromatic N) is 1. The molecule has 1 atom stereocenters. The zero-order valence-corrected chi connectivity index (χ0v) is 15.0. The maximum atomic E-state index is 13.6. The normalized spacial score (nSPS) is 16.1. The monoisotopic (exact) mass is 365 g/mol. The van der Waals surface area contributed by atoms with Gasteiger partial charge in [-0.05, 0) is 48.2 Å². The summed E-state index contributed by atoms with van der Waals surface area (Å²) in [5, 5.41) is 6.75. The van der Waals surface area contributed by atoms with Crippen molar-refractivity contribution >= 4 is 28.4 Å². The van der Waals surface area contributed by atoms with Crippen LogP contribution in [0.25, 0.3) is 10.9 Å². The van der Waals surface area contributed by atoms with E-state index in [1.807, 2.05) is 19.1 Å². The molecule has 2 amide bonds. The molecule has 1 aliphatic rings. The lowest BCUT2D eigenvalue weighted by molar-refractivity contribution is -0.126. The number of amides is 2. The zero-order chi connectivity index (χ0) is 19.0. The number of aryl methyl sites for hydroxylation is 1. The first-order chi connectivity index (χ1) is 13.0. The van der Waals surface area contributed by atoms with E-state index < -0.39 is 11.7 Å². The summed E-state index contributed by atoms with van der Waals surface area (Å²) in [7, 11) is 0. The van der Waals surface area contributed by atoms with Gasteiger partial charge in [-0.15, -0.1) is 0 Å². The fraction of sp³-hybridized carbons (Fsp3) is 0.238. The van der Waals surface area contributed by atoms with Gasteiger partial charge < -0.3 is 15.2 Å². The van der Waals surface area contributed by atoms with E-state index in [0.29, 0.717) is 24.3 Å². The van der Waals surface area contributed by atoms with E-state index in [0.717, 1.165) is 16.6 Å². The lowest BCUT2D eigenvalue weighted by Gasteiger charge is -2.25. The van der Waals surface area contributed by atoms with E-state index in [2.05, 4.69) is 33.4 Å². The van der Waals surface area contributed by atoms with Crippen molar-refractivity contribution in [2.24, 2.45) is 0 Å². The van der Waals surface area contributed by atoms with Crippen molar-refractivity contribution in [2.45, 2.75) is 25.8 Å². The molecule has 0 saturated heterocycles. The number of halogens is 1. The lowest BCUT2D eigenvalue weighted by atomic mass is 9.89. The van der Waals surface area contributed by atoms with E-state index in [1.54, 1.807) is 0 Å². The molecule has 4 rings (SSSR count). The van der Waals surface area contributed by atoms with Gasteiger partial charge in [-0.3, -0.25) is 9.59 Å². The Balaban J connectivity index is 1.48. The second-order valence-corrected chi connectivity index (χ2v) is 6.82. The van der Waals surface area contributed by atoms with Gasteiger partial charge in [0.15, 0.2) is 0 Å². The molecule has 0 saturated carbocycles. The Morgan fingerprint density at radius 1 is 1.26 bits per heavy atom. The van der Waals surface area contributed by atoms with Gasteiger partial charge in [0.25, 0.3) is 0 Å². The molecule has 0 radical (unpaired) electrons. The standard InChI is InChI=1S/C21H20FN3O2/c1-13-10-14-4-2-3-5-19(14)25(13)9-8-23-21(27)17-12-20(26)24-18-7-6-15(22)11-16(17)18/h2-7,10-11,17H,8-9,12H2,1H3,(H,23,27)(H,24,26)/t17-/m1/s1. The Bertz CT molecular complexity index is 1040. The molecule has 2 aromatic carbocycles. The summed E-state index contributed by atoms with van der Waals surface area (Å²) in [5.74, 6) is -1.59. The van der Waals surface area contributed by atoms with Crippen LogP contribution in [0.15, 0.2) is 48.5 Å². The van der Waals surface area contributed by atoms with Crippen molar-refractivity contribution in [3.8, 4) is 0 Å². The first kappa shape index (κ1) is 17.3. The molecule has 0 bridgehead atoms. The van der Waals surface area contributed by atoms with Crippen LogP contribution in [0, 0.1) is 12.7 Å². The number of benzene rings is 2. The van der Waals surface area contributed by atoms with Crippen LogP contribution >= 0.6 is 0 Å². The van der Waals surface area contributed by atoms with E-state index in [1.165, 1.54) is 18.2 Å². The van der Waals surface area contributed by atoms with Gasteiger partial charge in [0.05, 0.1) is 5.92 Å². The minimum absolute atomic E-state index is 0.0216. The molecule has 138 valence electrons. The highest BCUT2D eigenvalue weighted by atomic mass is 19.1. The Morgan fingerprint density at radius 3 is 2.93 bits per heavy atom. The highest BCUT2D eigenvalue weighted by Crippen LogP contribution is 2.32. The number of carbonyl (C=O) groups is 2. The van der Waals surface area contributed by atoms with Crippen molar-refractivity contribution in [3.05, 3.63) is 65.6 Å². The van der Waals surface area contributed by atoms with Crippen molar-refractivity contribution in [2.75, 3.05) is 11.9 Å². The van der Waals surface area contributed by atoms with Gasteiger partial charge in [-0.1, -0.05) is 18.2 Å². The summed E-state index contributed by atoms with van der Waals surface area (Å²) in [4.78, 5) is 24.6. The molecule has 27 heavy (non-hydrogen) atoms. The van der Waals surface area contributed by atoms with Crippen LogP contribution < -0.4 is 10.6 Å². The van der Waals surface area contributed by atoms with Gasteiger partial charge in [-0.2, -0.15) is 0 Å². The highest BCUT2D eigenvalue weighted by Gasteiger charge is 2.30. The summed E-state index contributed by atoms with van der Waals surface area (Å²) >= 11 is 0. The van der Waals surface area contributed by atoms with Gasteiger partial charge in [0.1, 0.15) is 5.82 Å². The smallest absolute Gasteiger partial charge is 0.228 e. The number of hydrogen-bond donors (Lipinski definition) is 2. The molecule has 0 unspecified atom stereocenters. The van der Waals surface area contributed by atoms with Crippen LogP contribution in [0.2, 0.25) is 0 Å². The summed E-state index contributed by atoms with van der Waals surface area (Å²) in [6, 6.07) is 14.3. The Hall–Kier alpha value is -3.15. The van der Waals surface area contributed by atoms with Gasteiger partial charge in [0.2, 0.25) is 11.8 Å². The summed E-state index contributed by atoms with van der Waals surface area (Å²) in [6.45, 7) is 3.09. The minimum atomic E-state index is -0.674. The number of aromatic nitrogens is 1. The van der Waals surface area contributed by atoms with Crippen LogP contribution in [0.5, 0.6) is 0 Å². The zero-order valence-electron chi connectivity index (χ0n) is 15.0. The summed E-state index contributed by atoms with van der Waals surface area (Å²) < 4.78 is 15.8. The molecule has 0 aliphatic carbocycles. The number of carbonyl (C=O) groups excluding carboxylic acids is 2. The number of fused-ring (bicyclic) bond motifs is 2. The third-order valence-corrected chi connectivity index (χ3v) is 5.02. The predicted octanol–water partition coefficient (Wildman–Crippen LogP) is 3.33. The Kier molecular flexibility index (Phi) is 4.39. The first-order valence-electron chi connectivity index (χ1n) is 8.95. The van der Waals surface area contributed by atoms with E-state index >= 15 is 0 Å². The fourth-order valence-electron chi connectivity index (χ4n) is 3.73. The Labute approximate surface area is 156 Å². The number of hydrogen-bond acceptors (Lipinski definition) is 2. The van der Waals surface area contributed by atoms with Crippen LogP contribution in [-0.4, -0.2) is 22.9 Å². The van der Waals surface area contributed by atoms with Crippen molar-refractivity contribution < 1.29 is 14.0 Å². The number of anilines is 1. The van der Waals surface area contributed by atoms with E-state index in [4.69, 9.17) is 0 Å². The number of para-hydroxylation sites is 1. The molecule has 5 nitrogen and oxygen atoms in total. The molecule has 6 heteroatoms. The second kappa shape index (κ2) is 6.87. The molecule has 0 spiro atoms. The Morgan fingerprint density at radius 2 is 2.07 bits per heavy atom. The molecule has 0 fully saturated rings. The largest absolute Gasteiger partial charge is 0.354 e. The van der Waals surface area contributed by atoms with Crippen LogP contribution in [0.3, 0.4) is 0 Å². The van der Waals surface area contributed by atoms with E-state index in [9.17, 15) is 14.0 Å². The van der Waals surface area contributed by atoms with Crippen molar-refractivity contribution in [1.82, 2.24) is 9.88 Å². The molecule has 1 aromatic heterocycles. The molecular formula is C21H20FN3O2. The summed E-state index contributed by atoms with van der Waals surface area (Å²) in [6.07, 6.45) is 0.0216. The maximum Gasteiger partial charge on any atom is 0.228 e. The molecule has 1 aliphatic heterocycles. The average Bonchev–Trinajstić information content (AvgIpc) is 2.97. The SMILES string of the molecule is Cc1cc2ccccc2n1CCNC(=O)[C@@H]1CC(=O)Nc2ccc(F)cc21. The molecule has 2 heterocycles. The van der Waals surface area contributed by atoms with Gasteiger partial charge in [-0.25, -0.2) is 4.39 Å². The van der Waals surface area contributed by atoms with Crippen LogP contribution in [0.4, 0.5) is 10.1 Å². The lowest BCUT2D eigenvalue weighted by Crippen LogP contribution is -2.36. The average molecular weight is 365 g/mol. The number of rotatable bonds is 4. The molecule has 3 aromatic rings. The van der Waals surface area contributed by atoms with E-state index in [-0.39, 0.29) is 18.2 Å². The topological polar surface area (TPSA) is 63.1 Å². The predicted molar refractivity (Wildman–Crippen MR) is 102 cm³/mol. The highest BCUT2D eigenvalue weighted by molar-refractivity contribution is 6.01. The molecule has 2 N–H and O–H groups in total. The van der Waals surface area contributed by atoms with Crippen LogP contribution in [-0.2, 0) is 16.1 Å². The van der Waals surface area contributed by atoms with Crippen LogP contribution in [0.1, 0.15) is 23.6 Å². The maximum absolute atomic E-state index is 13.6.